The highest BCUT2D eigenvalue weighted by atomic mass is 79.9. The van der Waals surface area contributed by atoms with Crippen LogP contribution in [0.3, 0.4) is 0 Å². The van der Waals surface area contributed by atoms with E-state index in [2.05, 4.69) is 40.2 Å². The van der Waals surface area contributed by atoms with E-state index in [9.17, 15) is 4.39 Å². The molecular weight excluding hydrogens is 321 g/mol. The normalized spacial score (nSPS) is 11.3. The molecule has 20 heavy (non-hydrogen) atoms. The number of benzene rings is 1. The molecular formula is C15H19BrFN3. The molecule has 1 aromatic carbocycles. The molecule has 0 aliphatic rings. The van der Waals surface area contributed by atoms with Crippen LogP contribution in [0.5, 0.6) is 0 Å². The van der Waals surface area contributed by atoms with Crippen molar-refractivity contribution >= 4 is 15.9 Å². The van der Waals surface area contributed by atoms with Gasteiger partial charge in [0.15, 0.2) is 0 Å². The molecule has 5 heteroatoms. The van der Waals surface area contributed by atoms with E-state index in [-0.39, 0.29) is 5.82 Å². The second-order valence-corrected chi connectivity index (χ2v) is 6.10. The lowest BCUT2D eigenvalue weighted by Gasteiger charge is -2.09. The highest BCUT2D eigenvalue weighted by Gasteiger charge is 2.09. The molecule has 2 aromatic rings. The van der Waals surface area contributed by atoms with Gasteiger partial charge in [-0.3, -0.25) is 4.68 Å². The van der Waals surface area contributed by atoms with Crippen molar-refractivity contribution in [1.29, 1.82) is 0 Å². The average molecular weight is 340 g/mol. The Morgan fingerprint density at radius 3 is 2.75 bits per heavy atom. The molecule has 0 aliphatic carbocycles. The van der Waals surface area contributed by atoms with Gasteiger partial charge in [-0.1, -0.05) is 35.8 Å². The molecule has 0 atom stereocenters. The monoisotopic (exact) mass is 339 g/mol. The quantitative estimate of drug-likeness (QED) is 0.901. The summed E-state index contributed by atoms with van der Waals surface area (Å²) in [5.41, 5.74) is 2.86. The first-order valence-corrected chi connectivity index (χ1v) is 7.45. The molecule has 0 radical (unpaired) electrons. The first-order chi connectivity index (χ1) is 9.47. The van der Waals surface area contributed by atoms with Crippen LogP contribution >= 0.6 is 15.9 Å². The molecule has 1 heterocycles. The molecule has 0 amide bonds. The lowest BCUT2D eigenvalue weighted by Crippen LogP contribution is -2.22. The van der Waals surface area contributed by atoms with Crippen LogP contribution in [0.4, 0.5) is 4.39 Å². The van der Waals surface area contributed by atoms with Gasteiger partial charge in [0.1, 0.15) is 5.82 Å². The number of nitrogens with one attached hydrogen (secondary N) is 1. The second-order valence-electron chi connectivity index (χ2n) is 5.18. The minimum absolute atomic E-state index is 0.212. The van der Waals surface area contributed by atoms with Gasteiger partial charge in [-0.15, -0.1) is 0 Å². The van der Waals surface area contributed by atoms with Gasteiger partial charge in [-0.2, -0.15) is 5.10 Å². The molecule has 3 nitrogen and oxygen atoms in total. The van der Waals surface area contributed by atoms with E-state index in [0.29, 0.717) is 18.2 Å². The molecule has 0 unspecified atom stereocenters. The summed E-state index contributed by atoms with van der Waals surface area (Å²) >= 11 is 3.26. The van der Waals surface area contributed by atoms with Gasteiger partial charge in [0.05, 0.1) is 12.7 Å². The van der Waals surface area contributed by atoms with Crippen molar-refractivity contribution in [3.63, 3.8) is 0 Å². The summed E-state index contributed by atoms with van der Waals surface area (Å²) in [5, 5.41) is 7.72. The molecule has 0 saturated carbocycles. The molecule has 0 saturated heterocycles. The van der Waals surface area contributed by atoms with E-state index in [0.717, 1.165) is 22.3 Å². The van der Waals surface area contributed by atoms with Crippen molar-refractivity contribution in [2.75, 3.05) is 0 Å². The summed E-state index contributed by atoms with van der Waals surface area (Å²) in [5.74, 6) is -0.212. The summed E-state index contributed by atoms with van der Waals surface area (Å²) in [6, 6.07) is 5.54. The van der Waals surface area contributed by atoms with Crippen molar-refractivity contribution in [3.8, 4) is 0 Å². The summed E-state index contributed by atoms with van der Waals surface area (Å²) in [4.78, 5) is 0. The zero-order chi connectivity index (χ0) is 14.7. The Kier molecular flexibility index (Phi) is 4.94. The third-order valence-corrected chi connectivity index (χ3v) is 3.73. The van der Waals surface area contributed by atoms with E-state index in [4.69, 9.17) is 0 Å². The van der Waals surface area contributed by atoms with Crippen LogP contribution in [0, 0.1) is 12.7 Å². The van der Waals surface area contributed by atoms with Crippen molar-refractivity contribution in [2.45, 2.75) is 39.9 Å². The Labute approximate surface area is 127 Å². The Morgan fingerprint density at radius 1 is 1.35 bits per heavy atom. The third kappa shape index (κ3) is 3.67. The zero-order valence-corrected chi connectivity index (χ0v) is 13.5. The molecule has 0 bridgehead atoms. The minimum atomic E-state index is -0.212. The van der Waals surface area contributed by atoms with Gasteiger partial charge in [0, 0.05) is 33.9 Å². The Balaban J connectivity index is 2.14. The van der Waals surface area contributed by atoms with Gasteiger partial charge >= 0.3 is 0 Å². The van der Waals surface area contributed by atoms with Crippen LogP contribution in [-0.4, -0.2) is 15.8 Å². The average Bonchev–Trinajstić information content (AvgIpc) is 2.72. The second kappa shape index (κ2) is 6.50. The van der Waals surface area contributed by atoms with E-state index in [1.54, 1.807) is 6.07 Å². The van der Waals surface area contributed by atoms with Crippen LogP contribution in [-0.2, 0) is 13.1 Å². The maximum Gasteiger partial charge on any atom is 0.129 e. The van der Waals surface area contributed by atoms with Crippen molar-refractivity contribution in [1.82, 2.24) is 15.1 Å². The van der Waals surface area contributed by atoms with Crippen LogP contribution in [0.2, 0.25) is 0 Å². The smallest absolute Gasteiger partial charge is 0.129 e. The van der Waals surface area contributed by atoms with E-state index in [1.807, 2.05) is 23.9 Å². The summed E-state index contributed by atoms with van der Waals surface area (Å²) in [6.07, 6.45) is 1.85. The van der Waals surface area contributed by atoms with Crippen molar-refractivity contribution in [3.05, 3.63) is 51.5 Å². The fourth-order valence-corrected chi connectivity index (χ4v) is 2.28. The van der Waals surface area contributed by atoms with Gasteiger partial charge in [-0.05, 0) is 19.1 Å². The van der Waals surface area contributed by atoms with Crippen LogP contribution < -0.4 is 5.32 Å². The maximum absolute atomic E-state index is 13.8. The molecule has 1 N–H and O–H groups in total. The highest BCUT2D eigenvalue weighted by molar-refractivity contribution is 9.10. The lowest BCUT2D eigenvalue weighted by molar-refractivity contribution is 0.574. The Bertz CT molecular complexity index is 593. The van der Waals surface area contributed by atoms with E-state index in [1.165, 1.54) is 6.07 Å². The number of hydrogen-bond acceptors (Lipinski definition) is 2. The molecule has 0 spiro atoms. The fourth-order valence-electron chi connectivity index (χ4n) is 1.94. The molecule has 0 fully saturated rings. The summed E-state index contributed by atoms with van der Waals surface area (Å²) in [7, 11) is 0. The maximum atomic E-state index is 13.8. The van der Waals surface area contributed by atoms with Crippen molar-refractivity contribution < 1.29 is 4.39 Å². The zero-order valence-electron chi connectivity index (χ0n) is 12.0. The molecule has 2 rings (SSSR count). The third-order valence-electron chi connectivity index (χ3n) is 3.24. The molecule has 0 aliphatic heterocycles. The lowest BCUT2D eigenvalue weighted by atomic mass is 10.2. The SMILES string of the molecule is Cc1c(CNC(C)C)cnn1Cc1ccc(Br)cc1F. The van der Waals surface area contributed by atoms with Crippen LogP contribution in [0.1, 0.15) is 30.7 Å². The number of hydrogen-bond donors (Lipinski definition) is 1. The molecule has 108 valence electrons. The molecule has 1 aromatic heterocycles. The summed E-state index contributed by atoms with van der Waals surface area (Å²) in [6.45, 7) is 7.47. The highest BCUT2D eigenvalue weighted by Crippen LogP contribution is 2.17. The Hall–Kier alpha value is -1.20. The number of rotatable bonds is 5. The van der Waals surface area contributed by atoms with Gasteiger partial charge in [-0.25, -0.2) is 4.39 Å². The van der Waals surface area contributed by atoms with E-state index < -0.39 is 0 Å². The minimum Gasteiger partial charge on any atom is -0.310 e. The standard InChI is InChI=1S/C15H19BrFN3/c1-10(2)18-7-13-8-19-20(11(13)3)9-12-4-5-14(16)6-15(12)17/h4-6,8,10,18H,7,9H2,1-3H3. The van der Waals surface area contributed by atoms with Gasteiger partial charge in [0.2, 0.25) is 0 Å². The number of nitrogens with zero attached hydrogens (tertiary/aromatic N) is 2. The first kappa shape index (κ1) is 15.2. The Morgan fingerprint density at radius 2 is 2.10 bits per heavy atom. The van der Waals surface area contributed by atoms with Gasteiger partial charge in [0.25, 0.3) is 0 Å². The predicted octanol–water partition coefficient (Wildman–Crippen LogP) is 3.64. The predicted molar refractivity (Wildman–Crippen MR) is 82.1 cm³/mol. The van der Waals surface area contributed by atoms with Crippen molar-refractivity contribution in [2.24, 2.45) is 0 Å². The largest absolute Gasteiger partial charge is 0.310 e. The van der Waals surface area contributed by atoms with E-state index >= 15 is 0 Å². The first-order valence-electron chi connectivity index (χ1n) is 6.66. The topological polar surface area (TPSA) is 29.9 Å². The van der Waals surface area contributed by atoms with Gasteiger partial charge < -0.3 is 5.32 Å². The summed E-state index contributed by atoms with van der Waals surface area (Å²) < 4.78 is 16.4. The number of halogens is 2. The number of aromatic nitrogens is 2. The van der Waals surface area contributed by atoms with Crippen LogP contribution in [0.15, 0.2) is 28.9 Å². The fraction of sp³-hybridized carbons (Fsp3) is 0.400. The van der Waals surface area contributed by atoms with Crippen LogP contribution in [0.25, 0.3) is 0 Å².